The predicted octanol–water partition coefficient (Wildman–Crippen LogP) is 2.68. The van der Waals surface area contributed by atoms with Crippen LogP contribution in [0.4, 0.5) is 17.6 Å². The molecule has 13 heteroatoms. The molecule has 3 rings (SSSR count). The van der Waals surface area contributed by atoms with Crippen LogP contribution in [-0.2, 0) is 33.5 Å². The molecule has 0 saturated carbocycles. The van der Waals surface area contributed by atoms with Crippen molar-refractivity contribution < 1.29 is 41.8 Å². The number of halogens is 4. The summed E-state index contributed by atoms with van der Waals surface area (Å²) in [5, 5.41) is 16.6. The topological polar surface area (TPSA) is 134 Å². The number of hydrogen-bond acceptors (Lipinski definition) is 6. The molecule has 1 heterocycles. The molecule has 1 aliphatic heterocycles. The van der Waals surface area contributed by atoms with Gasteiger partial charge in [-0.2, -0.15) is 13.2 Å². The van der Waals surface area contributed by atoms with Gasteiger partial charge in [0, 0.05) is 32.6 Å². The van der Waals surface area contributed by atoms with E-state index in [2.05, 4.69) is 10.6 Å². The first-order chi connectivity index (χ1) is 19.8. The zero-order chi connectivity index (χ0) is 30.9. The molecule has 230 valence electrons. The van der Waals surface area contributed by atoms with E-state index in [0.717, 1.165) is 17.0 Å². The van der Waals surface area contributed by atoms with Crippen molar-refractivity contribution in [1.29, 1.82) is 0 Å². The maximum atomic E-state index is 14.4. The number of nitrogens with zero attached hydrogens (tertiary/aromatic N) is 1. The van der Waals surface area contributed by atoms with Gasteiger partial charge in [0.25, 0.3) is 0 Å². The molecule has 0 aromatic heterocycles. The van der Waals surface area contributed by atoms with Gasteiger partial charge in [0.05, 0.1) is 30.7 Å². The molecule has 0 aliphatic carbocycles. The van der Waals surface area contributed by atoms with Crippen LogP contribution in [0.5, 0.6) is 5.75 Å². The van der Waals surface area contributed by atoms with Gasteiger partial charge in [0.2, 0.25) is 17.7 Å². The number of ether oxygens (including phenoxy) is 1. The minimum absolute atomic E-state index is 0.0128. The first-order valence-corrected chi connectivity index (χ1v) is 13.6. The Bertz CT molecular complexity index is 1240. The van der Waals surface area contributed by atoms with Crippen molar-refractivity contribution in [2.24, 2.45) is 5.73 Å². The van der Waals surface area contributed by atoms with E-state index in [-0.39, 0.29) is 37.6 Å². The highest BCUT2D eigenvalue weighted by Crippen LogP contribution is 2.29. The van der Waals surface area contributed by atoms with Gasteiger partial charge in [0.1, 0.15) is 17.6 Å². The molecule has 0 radical (unpaired) electrons. The van der Waals surface area contributed by atoms with Crippen molar-refractivity contribution >= 4 is 17.7 Å². The van der Waals surface area contributed by atoms with Crippen LogP contribution in [0.3, 0.4) is 0 Å². The Morgan fingerprint density at radius 1 is 1.19 bits per heavy atom. The van der Waals surface area contributed by atoms with Gasteiger partial charge in [-0.1, -0.05) is 18.2 Å². The van der Waals surface area contributed by atoms with Crippen LogP contribution in [0.2, 0.25) is 0 Å². The minimum atomic E-state index is -4.51. The summed E-state index contributed by atoms with van der Waals surface area (Å²) in [4.78, 5) is 39.1. The quantitative estimate of drug-likeness (QED) is 0.364. The third kappa shape index (κ3) is 9.98. The van der Waals surface area contributed by atoms with E-state index in [1.165, 1.54) is 31.3 Å². The van der Waals surface area contributed by atoms with E-state index in [4.69, 9.17) is 10.5 Å². The number of fused-ring (bicyclic) bond motifs is 2. The maximum absolute atomic E-state index is 14.4. The number of rotatable bonds is 7. The van der Waals surface area contributed by atoms with Crippen LogP contribution in [0.1, 0.15) is 48.8 Å². The molecule has 42 heavy (non-hydrogen) atoms. The third-order valence-corrected chi connectivity index (χ3v) is 6.98. The summed E-state index contributed by atoms with van der Waals surface area (Å²) in [6, 6.07) is 6.46. The van der Waals surface area contributed by atoms with Crippen LogP contribution >= 0.6 is 0 Å². The number of hydrogen-bond donors (Lipinski definition) is 4. The molecule has 0 unspecified atom stereocenters. The lowest BCUT2D eigenvalue weighted by molar-refractivity contribution is -0.141. The number of alkyl halides is 3. The Balaban J connectivity index is 1.84. The van der Waals surface area contributed by atoms with E-state index >= 15 is 0 Å². The summed E-state index contributed by atoms with van der Waals surface area (Å²) in [6.07, 6.45) is -4.45. The average molecular weight is 597 g/mol. The zero-order valence-corrected chi connectivity index (χ0v) is 23.3. The summed E-state index contributed by atoms with van der Waals surface area (Å²) < 4.78 is 59.3. The molecule has 3 atom stereocenters. The Kier molecular flexibility index (Phi) is 11.7. The van der Waals surface area contributed by atoms with E-state index in [1.54, 1.807) is 6.07 Å². The second kappa shape index (κ2) is 15.0. The highest BCUT2D eigenvalue weighted by molar-refractivity contribution is 5.91. The Morgan fingerprint density at radius 3 is 2.67 bits per heavy atom. The molecule has 5 N–H and O–H groups in total. The van der Waals surface area contributed by atoms with Crippen LogP contribution in [-0.4, -0.2) is 66.1 Å². The number of likely N-dealkylation sites (N-methyl/N-ethyl adjacent to an activating group) is 1. The smallest absolute Gasteiger partial charge is 0.416 e. The van der Waals surface area contributed by atoms with Gasteiger partial charge in [-0.15, -0.1) is 0 Å². The van der Waals surface area contributed by atoms with Crippen LogP contribution in [0.15, 0.2) is 42.5 Å². The van der Waals surface area contributed by atoms with Crippen molar-refractivity contribution in [2.75, 3.05) is 20.2 Å². The molecule has 3 amide bonds. The molecular weight excluding hydrogens is 560 g/mol. The molecular formula is C29H36F4N4O5. The van der Waals surface area contributed by atoms with Gasteiger partial charge in [-0.05, 0) is 55.0 Å². The van der Waals surface area contributed by atoms with Gasteiger partial charge in [-0.3, -0.25) is 14.4 Å². The third-order valence-electron chi connectivity index (χ3n) is 6.98. The Hall–Kier alpha value is -3.71. The number of nitrogens with one attached hydrogen (secondary N) is 2. The molecule has 1 aliphatic rings. The normalized spacial score (nSPS) is 20.0. The van der Waals surface area contributed by atoms with E-state index in [9.17, 15) is 37.1 Å². The highest BCUT2D eigenvalue weighted by atomic mass is 19.4. The minimum Gasteiger partial charge on any atom is -0.493 e. The van der Waals surface area contributed by atoms with Crippen molar-refractivity contribution in [3.05, 3.63) is 65.0 Å². The van der Waals surface area contributed by atoms with Gasteiger partial charge in [0.15, 0.2) is 0 Å². The maximum Gasteiger partial charge on any atom is 0.416 e. The number of amides is 3. The van der Waals surface area contributed by atoms with Gasteiger partial charge < -0.3 is 31.1 Å². The first-order valence-electron chi connectivity index (χ1n) is 13.6. The average Bonchev–Trinajstić information content (AvgIpc) is 2.91. The summed E-state index contributed by atoms with van der Waals surface area (Å²) >= 11 is 0. The fourth-order valence-electron chi connectivity index (χ4n) is 4.69. The lowest BCUT2D eigenvalue weighted by Gasteiger charge is -2.31. The fraction of sp³-hybridized carbons (Fsp3) is 0.483. The lowest BCUT2D eigenvalue weighted by Crippen LogP contribution is -2.55. The number of primary amides is 1. The van der Waals surface area contributed by atoms with E-state index < -0.39 is 54.0 Å². The SMILES string of the molecule is CN1C(=O)CCCCCOc2cc(F)cc(c2)C[C@@H]([C@H](O)CNCc2cccc(C(F)(F)F)c2)NC(=O)[C@@H]1CC(N)=O. The molecule has 2 aromatic carbocycles. The number of aliphatic hydroxyl groups is 1. The largest absolute Gasteiger partial charge is 0.493 e. The Labute approximate surface area is 241 Å². The van der Waals surface area contributed by atoms with Crippen molar-refractivity contribution in [3.63, 3.8) is 0 Å². The molecule has 2 aromatic rings. The molecule has 0 fully saturated rings. The summed E-state index contributed by atoms with van der Waals surface area (Å²) in [5.41, 5.74) is 5.28. The highest BCUT2D eigenvalue weighted by Gasteiger charge is 2.32. The van der Waals surface area contributed by atoms with E-state index in [0.29, 0.717) is 37.0 Å². The van der Waals surface area contributed by atoms with E-state index in [1.807, 2.05) is 0 Å². The van der Waals surface area contributed by atoms with Crippen LogP contribution in [0, 0.1) is 5.82 Å². The van der Waals surface area contributed by atoms with Crippen LogP contribution < -0.4 is 21.1 Å². The predicted molar refractivity (Wildman–Crippen MR) is 146 cm³/mol. The number of carbonyl (C=O) groups is 3. The standard InChI is InChI=1S/C29H36F4N4O5/c1-37-24(15-26(34)39)28(41)36-23(25(38)17-35-16-18-6-5-7-20(10-18)29(31,32)33)13-19-11-21(30)14-22(12-19)42-9-4-2-3-8-27(37)40/h5-7,10-12,14,23-25,35,38H,2-4,8-9,13,15-17H2,1H3,(H2,34,39)(H,36,41)/t23-,24-,25+/m0/s1. The summed E-state index contributed by atoms with van der Waals surface area (Å²) in [7, 11) is 1.39. The second-order valence-corrected chi connectivity index (χ2v) is 10.4. The molecule has 9 nitrogen and oxygen atoms in total. The first kappa shape index (κ1) is 32.8. The number of benzene rings is 2. The monoisotopic (exact) mass is 596 g/mol. The number of carbonyl (C=O) groups excluding carboxylic acids is 3. The van der Waals surface area contributed by atoms with Gasteiger partial charge >= 0.3 is 6.18 Å². The lowest BCUT2D eigenvalue weighted by atomic mass is 9.99. The molecule has 0 saturated heterocycles. The van der Waals surface area contributed by atoms with Crippen molar-refractivity contribution in [3.8, 4) is 5.75 Å². The van der Waals surface area contributed by atoms with Crippen molar-refractivity contribution in [1.82, 2.24) is 15.5 Å². The summed E-state index contributed by atoms with van der Waals surface area (Å²) in [5.74, 6) is -2.23. The molecule has 0 spiro atoms. The number of aliphatic hydroxyl groups excluding tert-OH is 1. The number of nitrogens with two attached hydrogens (primary N) is 1. The van der Waals surface area contributed by atoms with Crippen molar-refractivity contribution in [2.45, 2.75) is 69.4 Å². The fourth-order valence-corrected chi connectivity index (χ4v) is 4.69. The zero-order valence-electron chi connectivity index (χ0n) is 23.3. The summed E-state index contributed by atoms with van der Waals surface area (Å²) in [6.45, 7) is 0.121. The second-order valence-electron chi connectivity index (χ2n) is 10.4. The Morgan fingerprint density at radius 2 is 1.95 bits per heavy atom. The van der Waals surface area contributed by atoms with Gasteiger partial charge in [-0.25, -0.2) is 4.39 Å². The van der Waals surface area contributed by atoms with Crippen LogP contribution in [0.25, 0.3) is 0 Å². The molecule has 2 bridgehead atoms.